The van der Waals surface area contributed by atoms with Gasteiger partial charge in [0, 0.05) is 12.1 Å². The minimum atomic E-state index is -0.204. The summed E-state index contributed by atoms with van der Waals surface area (Å²) in [5.74, 6) is 0.658. The fourth-order valence-corrected chi connectivity index (χ4v) is 1.04. The van der Waals surface area contributed by atoms with Crippen molar-refractivity contribution in [1.29, 1.82) is 0 Å². The molecule has 0 bridgehead atoms. The van der Waals surface area contributed by atoms with Gasteiger partial charge >= 0.3 is 5.97 Å². The number of benzene rings is 1. The van der Waals surface area contributed by atoms with Crippen molar-refractivity contribution < 1.29 is 9.53 Å². The zero-order valence-corrected chi connectivity index (χ0v) is 8.49. The predicted octanol–water partition coefficient (Wildman–Crippen LogP) is 2.22. The number of nitrogen functional groups attached to an aromatic ring is 1. The van der Waals surface area contributed by atoms with E-state index >= 15 is 0 Å². The molecule has 1 aromatic carbocycles. The summed E-state index contributed by atoms with van der Waals surface area (Å²) in [4.78, 5) is 11.3. The molecule has 0 aliphatic carbocycles. The number of rotatable bonds is 3. The van der Waals surface area contributed by atoms with Gasteiger partial charge in [-0.3, -0.25) is 4.79 Å². The van der Waals surface area contributed by atoms with Crippen LogP contribution in [0, 0.1) is 5.92 Å². The van der Waals surface area contributed by atoms with E-state index in [1.165, 1.54) is 0 Å². The Labute approximate surface area is 83.9 Å². The Balaban J connectivity index is 2.52. The van der Waals surface area contributed by atoms with Crippen molar-refractivity contribution in [2.45, 2.75) is 20.3 Å². The van der Waals surface area contributed by atoms with Gasteiger partial charge in [0.15, 0.2) is 0 Å². The molecule has 0 aliphatic heterocycles. The highest BCUT2D eigenvalue weighted by atomic mass is 16.5. The van der Waals surface area contributed by atoms with Gasteiger partial charge < -0.3 is 10.5 Å². The molecule has 0 spiro atoms. The minimum absolute atomic E-state index is 0.204. The zero-order chi connectivity index (χ0) is 10.6. The molecule has 0 saturated heterocycles. The average Bonchev–Trinajstić information content (AvgIpc) is 2.07. The van der Waals surface area contributed by atoms with Gasteiger partial charge in [0.2, 0.25) is 0 Å². The van der Waals surface area contributed by atoms with Crippen molar-refractivity contribution in [3.8, 4) is 5.75 Å². The Bertz CT molecular complexity index is 304. The minimum Gasteiger partial charge on any atom is -0.427 e. The van der Waals surface area contributed by atoms with E-state index in [0.29, 0.717) is 23.8 Å². The maximum atomic E-state index is 11.3. The summed E-state index contributed by atoms with van der Waals surface area (Å²) in [5.41, 5.74) is 6.16. The smallest absolute Gasteiger partial charge is 0.311 e. The van der Waals surface area contributed by atoms with Crippen LogP contribution >= 0.6 is 0 Å². The molecule has 0 heterocycles. The second kappa shape index (κ2) is 4.65. The summed E-state index contributed by atoms with van der Waals surface area (Å²) < 4.78 is 5.09. The number of esters is 1. The highest BCUT2D eigenvalue weighted by Gasteiger charge is 2.06. The average molecular weight is 193 g/mol. The van der Waals surface area contributed by atoms with E-state index in [-0.39, 0.29) is 5.97 Å². The van der Waals surface area contributed by atoms with Crippen LogP contribution in [0.15, 0.2) is 24.3 Å². The zero-order valence-electron chi connectivity index (χ0n) is 8.49. The van der Waals surface area contributed by atoms with Gasteiger partial charge in [-0.15, -0.1) is 0 Å². The van der Waals surface area contributed by atoms with E-state index in [1.54, 1.807) is 24.3 Å². The highest BCUT2D eigenvalue weighted by Crippen LogP contribution is 2.14. The summed E-state index contributed by atoms with van der Waals surface area (Å²) in [6.45, 7) is 3.95. The lowest BCUT2D eigenvalue weighted by atomic mass is 10.1. The molecule has 0 radical (unpaired) electrons. The number of carbonyl (C=O) groups is 1. The standard InChI is InChI=1S/C11H15NO2/c1-8(2)7-11(13)14-10-5-3-9(12)4-6-10/h3-6,8H,7,12H2,1-2H3. The van der Waals surface area contributed by atoms with Crippen LogP contribution in [0.25, 0.3) is 0 Å². The van der Waals surface area contributed by atoms with Crippen LogP contribution in [0.3, 0.4) is 0 Å². The Morgan fingerprint density at radius 2 is 1.93 bits per heavy atom. The van der Waals surface area contributed by atoms with Crippen LogP contribution in [-0.2, 0) is 4.79 Å². The number of nitrogens with two attached hydrogens (primary N) is 1. The fourth-order valence-electron chi connectivity index (χ4n) is 1.04. The van der Waals surface area contributed by atoms with Crippen molar-refractivity contribution >= 4 is 11.7 Å². The fraction of sp³-hybridized carbons (Fsp3) is 0.364. The van der Waals surface area contributed by atoms with Gasteiger partial charge in [-0.25, -0.2) is 0 Å². The molecule has 76 valence electrons. The Hall–Kier alpha value is -1.51. The lowest BCUT2D eigenvalue weighted by Gasteiger charge is -2.05. The van der Waals surface area contributed by atoms with Crippen molar-refractivity contribution in [2.75, 3.05) is 5.73 Å². The van der Waals surface area contributed by atoms with Crippen LogP contribution < -0.4 is 10.5 Å². The molecule has 0 saturated carbocycles. The van der Waals surface area contributed by atoms with E-state index in [9.17, 15) is 4.79 Å². The molecular formula is C11H15NO2. The number of hydrogen-bond donors (Lipinski definition) is 1. The third-order valence-corrected chi connectivity index (χ3v) is 1.69. The van der Waals surface area contributed by atoms with Crippen LogP contribution in [0.4, 0.5) is 5.69 Å². The Morgan fingerprint density at radius 1 is 1.36 bits per heavy atom. The van der Waals surface area contributed by atoms with E-state index in [0.717, 1.165) is 0 Å². The van der Waals surface area contributed by atoms with Gasteiger partial charge in [-0.05, 0) is 30.2 Å². The first kappa shape index (κ1) is 10.6. The number of hydrogen-bond acceptors (Lipinski definition) is 3. The van der Waals surface area contributed by atoms with E-state index in [1.807, 2.05) is 13.8 Å². The third kappa shape index (κ3) is 3.47. The monoisotopic (exact) mass is 193 g/mol. The van der Waals surface area contributed by atoms with E-state index in [2.05, 4.69) is 0 Å². The summed E-state index contributed by atoms with van der Waals surface area (Å²) in [6.07, 6.45) is 0.435. The molecule has 0 amide bonds. The molecule has 0 atom stereocenters. The molecular weight excluding hydrogens is 178 g/mol. The molecule has 3 heteroatoms. The highest BCUT2D eigenvalue weighted by molar-refractivity contribution is 5.72. The lowest BCUT2D eigenvalue weighted by molar-refractivity contribution is -0.135. The molecule has 0 fully saturated rings. The SMILES string of the molecule is CC(C)CC(=O)Oc1ccc(N)cc1. The second-order valence-corrected chi connectivity index (χ2v) is 3.64. The van der Waals surface area contributed by atoms with Gasteiger partial charge in [0.1, 0.15) is 5.75 Å². The predicted molar refractivity (Wildman–Crippen MR) is 55.9 cm³/mol. The molecule has 1 rings (SSSR count). The number of anilines is 1. The number of ether oxygens (including phenoxy) is 1. The molecule has 2 N–H and O–H groups in total. The third-order valence-electron chi connectivity index (χ3n) is 1.69. The summed E-state index contributed by atoms with van der Waals surface area (Å²) in [5, 5.41) is 0. The molecule has 0 aromatic heterocycles. The topological polar surface area (TPSA) is 52.3 Å². The van der Waals surface area contributed by atoms with Gasteiger partial charge in [-0.2, -0.15) is 0 Å². The Morgan fingerprint density at radius 3 is 2.43 bits per heavy atom. The van der Waals surface area contributed by atoms with Crippen LogP contribution in [0.2, 0.25) is 0 Å². The first-order valence-electron chi connectivity index (χ1n) is 4.64. The summed E-state index contributed by atoms with van der Waals surface area (Å²) >= 11 is 0. The van der Waals surface area contributed by atoms with Gasteiger partial charge in [0.05, 0.1) is 0 Å². The summed E-state index contributed by atoms with van der Waals surface area (Å²) in [7, 11) is 0. The molecule has 14 heavy (non-hydrogen) atoms. The van der Waals surface area contributed by atoms with Gasteiger partial charge in [-0.1, -0.05) is 13.8 Å². The first-order valence-corrected chi connectivity index (χ1v) is 4.64. The normalized spacial score (nSPS) is 10.2. The molecule has 0 unspecified atom stereocenters. The van der Waals surface area contributed by atoms with Crippen LogP contribution in [0.1, 0.15) is 20.3 Å². The van der Waals surface area contributed by atoms with E-state index < -0.39 is 0 Å². The van der Waals surface area contributed by atoms with Crippen molar-refractivity contribution in [2.24, 2.45) is 5.92 Å². The summed E-state index contributed by atoms with van der Waals surface area (Å²) in [6, 6.07) is 6.79. The maximum absolute atomic E-state index is 11.3. The first-order chi connectivity index (χ1) is 6.58. The second-order valence-electron chi connectivity index (χ2n) is 3.64. The number of carbonyl (C=O) groups excluding carboxylic acids is 1. The molecule has 1 aromatic rings. The van der Waals surface area contributed by atoms with Crippen molar-refractivity contribution in [1.82, 2.24) is 0 Å². The largest absolute Gasteiger partial charge is 0.427 e. The van der Waals surface area contributed by atoms with Crippen LogP contribution in [-0.4, -0.2) is 5.97 Å². The van der Waals surface area contributed by atoms with Gasteiger partial charge in [0.25, 0.3) is 0 Å². The maximum Gasteiger partial charge on any atom is 0.311 e. The molecule has 3 nitrogen and oxygen atoms in total. The van der Waals surface area contributed by atoms with Crippen LogP contribution in [0.5, 0.6) is 5.75 Å². The lowest BCUT2D eigenvalue weighted by Crippen LogP contribution is -2.10. The molecule has 0 aliphatic rings. The Kier molecular flexibility index (Phi) is 3.51. The quantitative estimate of drug-likeness (QED) is 0.455. The van der Waals surface area contributed by atoms with Crippen molar-refractivity contribution in [3.63, 3.8) is 0 Å². The van der Waals surface area contributed by atoms with Crippen molar-refractivity contribution in [3.05, 3.63) is 24.3 Å². The van der Waals surface area contributed by atoms with E-state index in [4.69, 9.17) is 10.5 Å².